The molecule has 2 rings (SSSR count). The molecule has 0 spiro atoms. The summed E-state index contributed by atoms with van der Waals surface area (Å²) < 4.78 is 0. The van der Waals surface area contributed by atoms with Gasteiger partial charge in [-0.2, -0.15) is 0 Å². The van der Waals surface area contributed by atoms with E-state index in [-0.39, 0.29) is 5.54 Å². The van der Waals surface area contributed by atoms with Gasteiger partial charge in [0.05, 0.1) is 0 Å². The summed E-state index contributed by atoms with van der Waals surface area (Å²) in [7, 11) is 0. The van der Waals surface area contributed by atoms with Gasteiger partial charge >= 0.3 is 0 Å². The van der Waals surface area contributed by atoms with E-state index in [1.807, 2.05) is 12.4 Å². The van der Waals surface area contributed by atoms with Gasteiger partial charge in [0.15, 0.2) is 0 Å². The molecule has 0 bridgehead atoms. The average molecular weight is 190 g/mol. The minimum absolute atomic E-state index is 0.101. The molecule has 1 aromatic heterocycles. The molecular formula is C12H18N2. The predicted octanol–water partition coefficient (Wildman–Crippen LogP) is 2.51. The Morgan fingerprint density at radius 3 is 2.64 bits per heavy atom. The highest BCUT2D eigenvalue weighted by molar-refractivity contribution is 5.29. The summed E-state index contributed by atoms with van der Waals surface area (Å²) in [4.78, 5) is 4.19. The number of nitrogens with two attached hydrogens (primary N) is 1. The molecule has 0 amide bonds. The third-order valence-electron chi connectivity index (χ3n) is 3.32. The molecule has 2 N–H and O–H groups in total. The van der Waals surface area contributed by atoms with E-state index in [2.05, 4.69) is 18.0 Å². The predicted molar refractivity (Wildman–Crippen MR) is 57.9 cm³/mol. The van der Waals surface area contributed by atoms with Crippen LogP contribution >= 0.6 is 0 Å². The highest BCUT2D eigenvalue weighted by Crippen LogP contribution is 2.35. The van der Waals surface area contributed by atoms with Crippen molar-refractivity contribution in [3.8, 4) is 0 Å². The Morgan fingerprint density at radius 2 is 2.00 bits per heavy atom. The summed E-state index contributed by atoms with van der Waals surface area (Å²) in [5.41, 5.74) is 8.87. The van der Waals surface area contributed by atoms with Crippen molar-refractivity contribution in [2.24, 2.45) is 5.73 Å². The van der Waals surface area contributed by atoms with E-state index < -0.39 is 0 Å². The second-order valence-corrected chi connectivity index (χ2v) is 4.41. The monoisotopic (exact) mass is 190 g/mol. The molecule has 0 unspecified atom stereocenters. The first-order valence-electron chi connectivity index (χ1n) is 5.42. The lowest BCUT2D eigenvalue weighted by Gasteiger charge is -2.34. The molecule has 2 nitrogen and oxygen atoms in total. The Balaban J connectivity index is 2.32. The topological polar surface area (TPSA) is 38.9 Å². The van der Waals surface area contributed by atoms with E-state index in [1.54, 1.807) is 0 Å². The van der Waals surface area contributed by atoms with Crippen molar-refractivity contribution in [2.75, 3.05) is 0 Å². The molecule has 0 radical (unpaired) electrons. The molecule has 1 aliphatic rings. The summed E-state index contributed by atoms with van der Waals surface area (Å²) in [5, 5.41) is 0. The van der Waals surface area contributed by atoms with Crippen LogP contribution in [-0.2, 0) is 5.54 Å². The SMILES string of the molecule is Cc1ccncc1C1(N)CCCCC1. The molecule has 0 aliphatic heterocycles. The molecule has 1 saturated carbocycles. The van der Waals surface area contributed by atoms with Gasteiger partial charge in [-0.3, -0.25) is 4.98 Å². The lowest BCUT2D eigenvalue weighted by atomic mass is 9.77. The van der Waals surface area contributed by atoms with E-state index in [1.165, 1.54) is 30.4 Å². The standard InChI is InChI=1S/C12H18N2/c1-10-5-8-14-9-11(10)12(13)6-3-2-4-7-12/h5,8-9H,2-4,6-7,13H2,1H3. The average Bonchev–Trinajstić information content (AvgIpc) is 2.19. The van der Waals surface area contributed by atoms with Gasteiger partial charge in [-0.15, -0.1) is 0 Å². The Hall–Kier alpha value is -0.890. The Morgan fingerprint density at radius 1 is 1.29 bits per heavy atom. The lowest BCUT2D eigenvalue weighted by molar-refractivity contribution is 0.300. The maximum atomic E-state index is 6.44. The molecule has 1 fully saturated rings. The number of nitrogens with zero attached hydrogens (tertiary/aromatic N) is 1. The highest BCUT2D eigenvalue weighted by atomic mass is 14.8. The minimum atomic E-state index is -0.101. The number of aryl methyl sites for hydroxylation is 1. The van der Waals surface area contributed by atoms with Gasteiger partial charge in [-0.05, 0) is 37.0 Å². The van der Waals surface area contributed by atoms with E-state index in [4.69, 9.17) is 5.73 Å². The Labute approximate surface area is 85.5 Å². The number of hydrogen-bond acceptors (Lipinski definition) is 2. The van der Waals surface area contributed by atoms with Gasteiger partial charge in [0.25, 0.3) is 0 Å². The van der Waals surface area contributed by atoms with Crippen molar-refractivity contribution < 1.29 is 0 Å². The number of rotatable bonds is 1. The van der Waals surface area contributed by atoms with Crippen LogP contribution in [0.3, 0.4) is 0 Å². The van der Waals surface area contributed by atoms with Crippen LogP contribution in [0.5, 0.6) is 0 Å². The zero-order valence-corrected chi connectivity index (χ0v) is 8.79. The second-order valence-electron chi connectivity index (χ2n) is 4.41. The van der Waals surface area contributed by atoms with Crippen molar-refractivity contribution in [3.05, 3.63) is 29.6 Å². The maximum Gasteiger partial charge on any atom is 0.0427 e. The van der Waals surface area contributed by atoms with Crippen LogP contribution in [-0.4, -0.2) is 4.98 Å². The summed E-state index contributed by atoms with van der Waals surface area (Å²) in [6.07, 6.45) is 9.85. The van der Waals surface area contributed by atoms with E-state index in [0.29, 0.717) is 0 Å². The van der Waals surface area contributed by atoms with Crippen LogP contribution in [0.4, 0.5) is 0 Å². The first-order chi connectivity index (χ1) is 6.72. The van der Waals surface area contributed by atoms with Crippen molar-refractivity contribution in [1.82, 2.24) is 4.98 Å². The fraction of sp³-hybridized carbons (Fsp3) is 0.583. The second kappa shape index (κ2) is 3.70. The van der Waals surface area contributed by atoms with Crippen molar-refractivity contribution in [1.29, 1.82) is 0 Å². The van der Waals surface area contributed by atoms with Gasteiger partial charge < -0.3 is 5.73 Å². The van der Waals surface area contributed by atoms with Crippen LogP contribution in [0.15, 0.2) is 18.5 Å². The number of hydrogen-bond donors (Lipinski definition) is 1. The molecule has 76 valence electrons. The lowest BCUT2D eigenvalue weighted by Crippen LogP contribution is -2.39. The van der Waals surface area contributed by atoms with Gasteiger partial charge in [-0.25, -0.2) is 0 Å². The molecule has 0 atom stereocenters. The summed E-state index contributed by atoms with van der Waals surface area (Å²) >= 11 is 0. The van der Waals surface area contributed by atoms with Crippen LogP contribution < -0.4 is 5.73 Å². The first kappa shape index (κ1) is 9.66. The fourth-order valence-corrected chi connectivity index (χ4v) is 2.44. The normalized spacial score (nSPS) is 20.7. The third kappa shape index (κ3) is 1.67. The first-order valence-corrected chi connectivity index (χ1v) is 5.42. The van der Waals surface area contributed by atoms with Gasteiger partial charge in [0, 0.05) is 17.9 Å². The van der Waals surface area contributed by atoms with Gasteiger partial charge in [-0.1, -0.05) is 19.3 Å². The van der Waals surface area contributed by atoms with E-state index in [9.17, 15) is 0 Å². The quantitative estimate of drug-likeness (QED) is 0.739. The number of aromatic nitrogens is 1. The maximum absolute atomic E-state index is 6.44. The van der Waals surface area contributed by atoms with Crippen molar-refractivity contribution in [2.45, 2.75) is 44.6 Å². The minimum Gasteiger partial charge on any atom is -0.321 e. The Bertz CT molecular complexity index is 314. The van der Waals surface area contributed by atoms with Crippen LogP contribution in [0.1, 0.15) is 43.2 Å². The summed E-state index contributed by atoms with van der Waals surface area (Å²) in [6.45, 7) is 2.13. The Kier molecular flexibility index (Phi) is 2.55. The molecule has 1 heterocycles. The van der Waals surface area contributed by atoms with E-state index >= 15 is 0 Å². The van der Waals surface area contributed by atoms with E-state index in [0.717, 1.165) is 12.8 Å². The van der Waals surface area contributed by atoms with Gasteiger partial charge in [0.1, 0.15) is 0 Å². The van der Waals surface area contributed by atoms with Crippen LogP contribution in [0.25, 0.3) is 0 Å². The number of pyridine rings is 1. The molecule has 2 heteroatoms. The molecule has 1 aromatic rings. The molecule has 0 saturated heterocycles. The highest BCUT2D eigenvalue weighted by Gasteiger charge is 2.30. The fourth-order valence-electron chi connectivity index (χ4n) is 2.44. The van der Waals surface area contributed by atoms with Crippen LogP contribution in [0.2, 0.25) is 0 Å². The van der Waals surface area contributed by atoms with Gasteiger partial charge in [0.2, 0.25) is 0 Å². The zero-order chi connectivity index (χ0) is 10.0. The molecule has 1 aliphatic carbocycles. The molecule has 14 heavy (non-hydrogen) atoms. The summed E-state index contributed by atoms with van der Waals surface area (Å²) in [6, 6.07) is 2.05. The molecular weight excluding hydrogens is 172 g/mol. The van der Waals surface area contributed by atoms with Crippen molar-refractivity contribution in [3.63, 3.8) is 0 Å². The third-order valence-corrected chi connectivity index (χ3v) is 3.32. The summed E-state index contributed by atoms with van der Waals surface area (Å²) in [5.74, 6) is 0. The zero-order valence-electron chi connectivity index (χ0n) is 8.79. The smallest absolute Gasteiger partial charge is 0.0427 e. The van der Waals surface area contributed by atoms with Crippen molar-refractivity contribution >= 4 is 0 Å². The van der Waals surface area contributed by atoms with Crippen LogP contribution in [0, 0.1) is 6.92 Å². The largest absolute Gasteiger partial charge is 0.321 e. The molecule has 0 aromatic carbocycles.